The van der Waals surface area contributed by atoms with Crippen molar-refractivity contribution in [2.75, 3.05) is 6.61 Å². The first-order valence-corrected chi connectivity index (χ1v) is 4.72. The molecule has 0 aliphatic rings. The quantitative estimate of drug-likeness (QED) is 0.817. The van der Waals surface area contributed by atoms with Crippen molar-refractivity contribution in [3.05, 3.63) is 28.8 Å². The molecule has 0 aliphatic carbocycles. The van der Waals surface area contributed by atoms with Crippen molar-refractivity contribution in [3.63, 3.8) is 0 Å². The van der Waals surface area contributed by atoms with E-state index in [2.05, 4.69) is 4.74 Å². The van der Waals surface area contributed by atoms with Crippen molar-refractivity contribution in [1.82, 2.24) is 0 Å². The summed E-state index contributed by atoms with van der Waals surface area (Å²) in [6, 6.07) is 4.27. The number of benzene rings is 1. The van der Waals surface area contributed by atoms with Crippen molar-refractivity contribution in [2.45, 2.75) is 13.1 Å². The van der Waals surface area contributed by atoms with E-state index in [0.29, 0.717) is 5.56 Å². The molecule has 1 aromatic carbocycles. The van der Waals surface area contributed by atoms with Gasteiger partial charge in [0, 0.05) is 5.71 Å². The van der Waals surface area contributed by atoms with Crippen LogP contribution in [-0.4, -0.2) is 18.5 Å². The molecule has 88 valence electrons. The maximum Gasteiger partial charge on any atom is 0.422 e. The second-order valence-electron chi connectivity index (χ2n) is 3.17. The van der Waals surface area contributed by atoms with Gasteiger partial charge in [-0.15, -0.1) is 0 Å². The van der Waals surface area contributed by atoms with Crippen LogP contribution in [0.1, 0.15) is 12.5 Å². The zero-order valence-corrected chi connectivity index (χ0v) is 9.12. The van der Waals surface area contributed by atoms with Gasteiger partial charge in [0.05, 0.1) is 5.02 Å². The summed E-state index contributed by atoms with van der Waals surface area (Å²) >= 11 is 5.67. The topological polar surface area (TPSA) is 33.1 Å². The van der Waals surface area contributed by atoms with Gasteiger partial charge in [0.25, 0.3) is 0 Å². The summed E-state index contributed by atoms with van der Waals surface area (Å²) in [4.78, 5) is 0. The molecule has 0 fully saturated rings. The van der Waals surface area contributed by atoms with Crippen molar-refractivity contribution in [3.8, 4) is 5.75 Å². The summed E-state index contributed by atoms with van der Waals surface area (Å²) in [6.45, 7) is 0.129. The third-order valence-corrected chi connectivity index (χ3v) is 2.07. The number of halogens is 4. The number of hydrogen-bond donors (Lipinski definition) is 1. The van der Waals surface area contributed by atoms with E-state index in [9.17, 15) is 13.2 Å². The van der Waals surface area contributed by atoms with Gasteiger partial charge >= 0.3 is 6.18 Å². The normalized spacial score (nSPS) is 11.3. The lowest BCUT2D eigenvalue weighted by Gasteiger charge is -2.11. The lowest BCUT2D eigenvalue weighted by Crippen LogP contribution is -2.19. The van der Waals surface area contributed by atoms with Gasteiger partial charge in [0.15, 0.2) is 6.61 Å². The number of nitrogens with one attached hydrogen (secondary N) is 1. The molecule has 1 rings (SSSR count). The minimum Gasteiger partial charge on any atom is -0.483 e. The Balaban J connectivity index is 2.86. The van der Waals surface area contributed by atoms with Crippen LogP contribution in [0.3, 0.4) is 0 Å². The second-order valence-corrected chi connectivity index (χ2v) is 3.58. The number of rotatable bonds is 3. The molecule has 16 heavy (non-hydrogen) atoms. The first-order chi connectivity index (χ1) is 7.29. The monoisotopic (exact) mass is 251 g/mol. The van der Waals surface area contributed by atoms with Gasteiger partial charge < -0.3 is 10.1 Å². The van der Waals surface area contributed by atoms with Crippen LogP contribution < -0.4 is 4.74 Å². The van der Waals surface area contributed by atoms with E-state index in [0.717, 1.165) is 0 Å². The van der Waals surface area contributed by atoms with Crippen LogP contribution in [-0.2, 0) is 0 Å². The Hall–Kier alpha value is -1.23. The molecule has 0 spiro atoms. The maximum atomic E-state index is 11.9. The molecule has 0 saturated heterocycles. The van der Waals surface area contributed by atoms with E-state index in [4.69, 9.17) is 17.0 Å². The maximum absolute atomic E-state index is 11.9. The minimum atomic E-state index is -4.40. The van der Waals surface area contributed by atoms with Gasteiger partial charge in [-0.25, -0.2) is 0 Å². The average molecular weight is 252 g/mol. The molecular formula is C10H9ClF3NO. The van der Waals surface area contributed by atoms with Crippen molar-refractivity contribution in [2.24, 2.45) is 0 Å². The summed E-state index contributed by atoms with van der Waals surface area (Å²) in [7, 11) is 0. The van der Waals surface area contributed by atoms with Crippen LogP contribution in [0.25, 0.3) is 0 Å². The van der Waals surface area contributed by atoms with E-state index in [1.54, 1.807) is 6.07 Å². The Morgan fingerprint density at radius 3 is 2.56 bits per heavy atom. The minimum absolute atomic E-state index is 0.0666. The molecule has 1 N–H and O–H groups in total. The Kier molecular flexibility index (Phi) is 3.80. The van der Waals surface area contributed by atoms with E-state index in [-0.39, 0.29) is 16.5 Å². The molecular weight excluding hydrogens is 243 g/mol. The molecule has 0 heterocycles. The predicted molar refractivity (Wildman–Crippen MR) is 55.5 cm³/mol. The average Bonchev–Trinajstić information content (AvgIpc) is 2.14. The SMILES string of the molecule is CC(=N)c1ccc(Cl)c(OCC(F)(F)F)c1. The molecule has 0 aromatic heterocycles. The summed E-state index contributed by atoms with van der Waals surface area (Å²) in [5, 5.41) is 7.43. The smallest absolute Gasteiger partial charge is 0.422 e. The van der Waals surface area contributed by atoms with Gasteiger partial charge in [-0.1, -0.05) is 17.7 Å². The molecule has 0 saturated carbocycles. The van der Waals surface area contributed by atoms with E-state index in [1.165, 1.54) is 19.1 Å². The second kappa shape index (κ2) is 4.74. The van der Waals surface area contributed by atoms with Gasteiger partial charge in [0.1, 0.15) is 5.75 Å². The first-order valence-electron chi connectivity index (χ1n) is 4.34. The fourth-order valence-electron chi connectivity index (χ4n) is 1.01. The van der Waals surface area contributed by atoms with Crippen LogP contribution in [0, 0.1) is 5.41 Å². The van der Waals surface area contributed by atoms with Crippen molar-refractivity contribution >= 4 is 17.3 Å². The lowest BCUT2D eigenvalue weighted by molar-refractivity contribution is -0.153. The van der Waals surface area contributed by atoms with E-state index >= 15 is 0 Å². The van der Waals surface area contributed by atoms with Gasteiger partial charge in [-0.05, 0) is 24.6 Å². The number of hydrogen-bond acceptors (Lipinski definition) is 2. The van der Waals surface area contributed by atoms with Crippen LogP contribution in [0.5, 0.6) is 5.75 Å². The highest BCUT2D eigenvalue weighted by atomic mass is 35.5. The lowest BCUT2D eigenvalue weighted by atomic mass is 10.1. The molecule has 6 heteroatoms. The fourth-order valence-corrected chi connectivity index (χ4v) is 1.18. The number of ether oxygens (including phenoxy) is 1. The van der Waals surface area contributed by atoms with Gasteiger partial charge in [-0.3, -0.25) is 0 Å². The predicted octanol–water partition coefficient (Wildman–Crippen LogP) is 3.67. The van der Waals surface area contributed by atoms with Crippen LogP contribution >= 0.6 is 11.6 Å². The van der Waals surface area contributed by atoms with Gasteiger partial charge in [0.2, 0.25) is 0 Å². The Bertz CT molecular complexity index is 404. The Morgan fingerprint density at radius 1 is 1.44 bits per heavy atom. The van der Waals surface area contributed by atoms with Gasteiger partial charge in [-0.2, -0.15) is 13.2 Å². The molecule has 0 bridgehead atoms. The van der Waals surface area contributed by atoms with Crippen LogP contribution in [0.15, 0.2) is 18.2 Å². The Morgan fingerprint density at radius 2 is 2.06 bits per heavy atom. The van der Waals surface area contributed by atoms with Crippen molar-refractivity contribution in [1.29, 1.82) is 5.41 Å². The summed E-state index contributed by atoms with van der Waals surface area (Å²) in [6.07, 6.45) is -4.40. The zero-order valence-electron chi connectivity index (χ0n) is 8.36. The molecule has 0 atom stereocenters. The largest absolute Gasteiger partial charge is 0.483 e. The molecule has 0 aliphatic heterocycles. The molecule has 1 aromatic rings. The highest BCUT2D eigenvalue weighted by Crippen LogP contribution is 2.27. The Labute approximate surface area is 95.5 Å². The molecule has 0 amide bonds. The number of alkyl halides is 3. The zero-order chi connectivity index (χ0) is 12.3. The van der Waals surface area contributed by atoms with E-state index in [1.807, 2.05) is 0 Å². The summed E-state index contributed by atoms with van der Waals surface area (Å²) in [5.74, 6) is -0.0666. The standard InChI is InChI=1S/C10H9ClF3NO/c1-6(15)7-2-3-8(11)9(4-7)16-5-10(12,13)14/h2-4,15H,5H2,1H3. The summed E-state index contributed by atoms with van der Waals surface area (Å²) in [5.41, 5.74) is 0.704. The molecule has 0 radical (unpaired) electrons. The summed E-state index contributed by atoms with van der Waals surface area (Å²) < 4.78 is 40.3. The molecule has 2 nitrogen and oxygen atoms in total. The van der Waals surface area contributed by atoms with Crippen LogP contribution in [0.4, 0.5) is 13.2 Å². The third kappa shape index (κ3) is 3.73. The highest BCUT2D eigenvalue weighted by Gasteiger charge is 2.28. The third-order valence-electron chi connectivity index (χ3n) is 1.76. The highest BCUT2D eigenvalue weighted by molar-refractivity contribution is 6.32. The van der Waals surface area contributed by atoms with Crippen LogP contribution in [0.2, 0.25) is 5.02 Å². The molecule has 0 unspecified atom stereocenters. The van der Waals surface area contributed by atoms with E-state index < -0.39 is 12.8 Å². The fraction of sp³-hybridized carbons (Fsp3) is 0.300. The van der Waals surface area contributed by atoms with Crippen molar-refractivity contribution < 1.29 is 17.9 Å². The first kappa shape index (κ1) is 12.8.